The summed E-state index contributed by atoms with van der Waals surface area (Å²) in [5, 5.41) is 11.8. The maximum atomic E-state index is 9.45. The average molecular weight is 321 g/mol. The van der Waals surface area contributed by atoms with Crippen LogP contribution in [-0.2, 0) is 32.7 Å². The van der Waals surface area contributed by atoms with E-state index < -0.39 is 0 Å². The minimum absolute atomic E-state index is 0. The summed E-state index contributed by atoms with van der Waals surface area (Å²) in [6, 6.07) is 14.4. The minimum atomic E-state index is -0.160. The van der Waals surface area contributed by atoms with Gasteiger partial charge < -0.3 is 11.1 Å². The Morgan fingerprint density at radius 3 is 2.58 bits per heavy atom. The van der Waals surface area contributed by atoms with Gasteiger partial charge in [-0.25, -0.2) is 0 Å². The molecule has 2 nitrogen and oxygen atoms in total. The Bertz CT molecular complexity index is 699. The number of nitrogens with two attached hydrogens (primary N) is 1. The number of nitrogens with zero attached hydrogens (tertiary/aromatic N) is 1. The molecule has 1 aliphatic carbocycles. The van der Waals surface area contributed by atoms with Crippen molar-refractivity contribution in [1.82, 2.24) is 0 Å². The molecule has 3 heteroatoms. The molecule has 0 saturated carbocycles. The van der Waals surface area contributed by atoms with Gasteiger partial charge in [-0.15, -0.1) is 11.6 Å². The van der Waals surface area contributed by atoms with Crippen molar-refractivity contribution in [3.05, 3.63) is 71.2 Å². The minimum Gasteiger partial charge on any atom is -0.545 e. The van der Waals surface area contributed by atoms with Gasteiger partial charge in [-0.3, -0.25) is 0 Å². The van der Waals surface area contributed by atoms with Crippen molar-refractivity contribution in [3.63, 3.8) is 0 Å². The molecule has 0 fully saturated rings. The van der Waals surface area contributed by atoms with Gasteiger partial charge in [-0.05, 0) is 10.8 Å². The molecule has 0 aromatic heterocycles. The summed E-state index contributed by atoms with van der Waals surface area (Å²) in [6.07, 6.45) is 5.79. The van der Waals surface area contributed by atoms with Gasteiger partial charge in [0.25, 0.3) is 0 Å². The van der Waals surface area contributed by atoms with Crippen LogP contribution in [0.4, 0.5) is 0 Å². The molecule has 19 heavy (non-hydrogen) atoms. The Labute approximate surface area is 137 Å². The summed E-state index contributed by atoms with van der Waals surface area (Å²) in [5.74, 6) is -0.160. The molecule has 0 aliphatic heterocycles. The maximum Gasteiger partial charge on any atom is 0 e. The summed E-state index contributed by atoms with van der Waals surface area (Å²) in [6.45, 7) is 0. The zero-order valence-electron chi connectivity index (χ0n) is 10.4. The van der Waals surface area contributed by atoms with Crippen LogP contribution in [0.25, 0.3) is 21.8 Å². The first-order chi connectivity index (χ1) is 8.75. The molecule has 3 rings (SSSR count). The third-order valence-corrected chi connectivity index (χ3v) is 3.17. The van der Waals surface area contributed by atoms with Crippen molar-refractivity contribution in [2.75, 3.05) is 0 Å². The molecule has 2 aromatic rings. The van der Waals surface area contributed by atoms with Crippen molar-refractivity contribution in [2.24, 2.45) is 5.73 Å². The molecule has 1 aliphatic rings. The molecule has 0 spiro atoms. The van der Waals surface area contributed by atoms with Crippen molar-refractivity contribution >= 4 is 22.2 Å². The van der Waals surface area contributed by atoms with E-state index in [2.05, 4.69) is 30.3 Å². The Balaban J connectivity index is 0.00000133. The Hall–Kier alpha value is -1.25. The molecule has 0 unspecified atom stereocenters. The normalized spacial score (nSPS) is 13.7. The summed E-state index contributed by atoms with van der Waals surface area (Å²) < 4.78 is 0. The van der Waals surface area contributed by atoms with Crippen LogP contribution >= 0.6 is 0 Å². The van der Waals surface area contributed by atoms with E-state index >= 15 is 0 Å². The molecule has 0 bridgehead atoms. The topological polar surface area (TPSA) is 48.3 Å². The van der Waals surface area contributed by atoms with Gasteiger partial charge in [0.05, 0.1) is 0 Å². The van der Waals surface area contributed by atoms with Crippen LogP contribution in [0.15, 0.2) is 54.1 Å². The molecule has 2 aromatic carbocycles. The van der Waals surface area contributed by atoms with Gasteiger partial charge in [-0.2, -0.15) is 17.5 Å². The monoisotopic (exact) mass is 321 g/mol. The van der Waals surface area contributed by atoms with Crippen LogP contribution in [0.3, 0.4) is 0 Å². The SMILES string of the molecule is [N-]=C(N)C1=[C-]CC=C1c1ccc2ccccc2c1.[Y]. The number of fused-ring (bicyclic) bond motifs is 1. The predicted octanol–water partition coefficient (Wildman–Crippen LogP) is 3.28. The fourth-order valence-electron chi connectivity index (χ4n) is 2.30. The average Bonchev–Trinajstić information content (AvgIpc) is 2.87. The number of rotatable bonds is 2. The van der Waals surface area contributed by atoms with Gasteiger partial charge >= 0.3 is 0 Å². The molecular weight excluding hydrogens is 309 g/mol. The first kappa shape index (κ1) is 14.2. The zero-order chi connectivity index (χ0) is 12.5. The second kappa shape index (κ2) is 5.81. The quantitative estimate of drug-likeness (QED) is 0.515. The number of hydrogen-bond donors (Lipinski definition) is 1. The zero-order valence-corrected chi connectivity index (χ0v) is 13.3. The van der Waals surface area contributed by atoms with Crippen LogP contribution in [0, 0.1) is 6.08 Å². The van der Waals surface area contributed by atoms with E-state index in [1.807, 2.05) is 24.3 Å². The number of allylic oxidation sites excluding steroid dienone is 2. The van der Waals surface area contributed by atoms with E-state index in [4.69, 9.17) is 5.73 Å². The van der Waals surface area contributed by atoms with Crippen LogP contribution < -0.4 is 5.73 Å². The fourth-order valence-corrected chi connectivity index (χ4v) is 2.30. The van der Waals surface area contributed by atoms with Gasteiger partial charge in [0.15, 0.2) is 0 Å². The summed E-state index contributed by atoms with van der Waals surface area (Å²) in [7, 11) is 0. The molecule has 0 atom stereocenters. The number of amidine groups is 1. The van der Waals surface area contributed by atoms with Gasteiger partial charge in [0.2, 0.25) is 0 Å². The van der Waals surface area contributed by atoms with Gasteiger partial charge in [0.1, 0.15) is 0 Å². The van der Waals surface area contributed by atoms with Crippen LogP contribution in [0.1, 0.15) is 12.0 Å². The van der Waals surface area contributed by atoms with Crippen LogP contribution in [0.2, 0.25) is 0 Å². The van der Waals surface area contributed by atoms with E-state index in [0.29, 0.717) is 12.0 Å². The van der Waals surface area contributed by atoms with Crippen molar-refractivity contribution in [2.45, 2.75) is 6.42 Å². The molecule has 0 saturated heterocycles. The molecule has 1 radical (unpaired) electrons. The fraction of sp³-hybridized carbons (Fsp3) is 0.0625. The van der Waals surface area contributed by atoms with E-state index in [0.717, 1.165) is 11.1 Å². The standard InChI is InChI=1S/C16H12N2.Y/c17-16(18)15-7-3-6-14(15)13-9-8-11-4-1-2-5-12(11)10-13;/h1-2,4-6,8-10H,3H2,(H2-,17,18);/q-2;. The van der Waals surface area contributed by atoms with Crippen LogP contribution in [0.5, 0.6) is 0 Å². The summed E-state index contributed by atoms with van der Waals surface area (Å²) in [5.41, 5.74) is 8.11. The summed E-state index contributed by atoms with van der Waals surface area (Å²) >= 11 is 0. The second-order valence-corrected chi connectivity index (χ2v) is 4.32. The third-order valence-electron chi connectivity index (χ3n) is 3.17. The van der Waals surface area contributed by atoms with Gasteiger partial charge in [0, 0.05) is 32.7 Å². The second-order valence-electron chi connectivity index (χ2n) is 4.32. The maximum absolute atomic E-state index is 9.45. The van der Waals surface area contributed by atoms with Crippen LogP contribution in [-0.4, -0.2) is 5.84 Å². The molecule has 91 valence electrons. The first-order valence-corrected chi connectivity index (χ1v) is 5.88. The van der Waals surface area contributed by atoms with E-state index in [1.54, 1.807) is 0 Å². The van der Waals surface area contributed by atoms with Crippen molar-refractivity contribution in [3.8, 4) is 0 Å². The molecule has 0 amide bonds. The van der Waals surface area contributed by atoms with E-state index in [1.165, 1.54) is 10.8 Å². The van der Waals surface area contributed by atoms with E-state index in [9.17, 15) is 5.41 Å². The largest absolute Gasteiger partial charge is 0.545 e. The van der Waals surface area contributed by atoms with Crippen molar-refractivity contribution in [1.29, 1.82) is 0 Å². The smallest absolute Gasteiger partial charge is 0 e. The Kier molecular flexibility index (Phi) is 4.33. The predicted molar refractivity (Wildman–Crippen MR) is 75.9 cm³/mol. The third kappa shape index (κ3) is 2.70. The molecule has 0 heterocycles. The number of benzene rings is 2. The Morgan fingerprint density at radius 1 is 1.11 bits per heavy atom. The first-order valence-electron chi connectivity index (χ1n) is 5.88. The number of hydrogen-bond acceptors (Lipinski definition) is 0. The Morgan fingerprint density at radius 2 is 1.84 bits per heavy atom. The van der Waals surface area contributed by atoms with Crippen molar-refractivity contribution < 1.29 is 32.7 Å². The molecular formula is C16H12N2Y-2. The molecule has 2 N–H and O–H groups in total. The van der Waals surface area contributed by atoms with Gasteiger partial charge in [-0.1, -0.05) is 54.4 Å². The van der Waals surface area contributed by atoms with E-state index in [-0.39, 0.29) is 38.5 Å². The summed E-state index contributed by atoms with van der Waals surface area (Å²) in [4.78, 5) is 0.